The minimum absolute atomic E-state index is 0.181. The number of hydrogen-bond acceptors (Lipinski definition) is 4. The highest BCUT2D eigenvalue weighted by Gasteiger charge is 2.36. The van der Waals surface area contributed by atoms with Crippen molar-refractivity contribution < 1.29 is 4.39 Å². The van der Waals surface area contributed by atoms with Crippen molar-refractivity contribution in [3.05, 3.63) is 65.2 Å². The van der Waals surface area contributed by atoms with Crippen molar-refractivity contribution in [2.75, 3.05) is 13.1 Å². The highest BCUT2D eigenvalue weighted by molar-refractivity contribution is 7.97. The van der Waals surface area contributed by atoms with Crippen LogP contribution in [0.3, 0.4) is 0 Å². The third kappa shape index (κ3) is 4.27. The van der Waals surface area contributed by atoms with E-state index in [9.17, 15) is 4.39 Å². The number of piperidine rings is 1. The minimum Gasteiger partial charge on any atom is -0.304 e. The van der Waals surface area contributed by atoms with E-state index >= 15 is 0 Å². The van der Waals surface area contributed by atoms with Crippen LogP contribution in [0.4, 0.5) is 4.39 Å². The number of halogens is 1. The monoisotopic (exact) mass is 409 g/mol. The number of rotatable bonds is 5. The van der Waals surface area contributed by atoms with Gasteiger partial charge in [0.05, 0.1) is 0 Å². The maximum Gasteiger partial charge on any atom is 0.123 e. The van der Waals surface area contributed by atoms with Crippen LogP contribution < -0.4 is 5.32 Å². The number of nitrogens with zero attached hydrogens (tertiary/aromatic N) is 2. The van der Waals surface area contributed by atoms with Gasteiger partial charge >= 0.3 is 0 Å². The number of pyridine rings is 1. The summed E-state index contributed by atoms with van der Waals surface area (Å²) >= 11 is 2.07. The predicted molar refractivity (Wildman–Crippen MR) is 119 cm³/mol. The fourth-order valence-corrected chi connectivity index (χ4v) is 5.84. The Morgan fingerprint density at radius 2 is 2.00 bits per heavy atom. The van der Waals surface area contributed by atoms with E-state index in [-0.39, 0.29) is 11.4 Å². The fraction of sp³-hybridized carbons (Fsp3) is 0.458. The molecule has 0 amide bonds. The summed E-state index contributed by atoms with van der Waals surface area (Å²) in [6, 6.07) is 9.53. The summed E-state index contributed by atoms with van der Waals surface area (Å²) in [5.41, 5.74) is 4.38. The smallest absolute Gasteiger partial charge is 0.123 e. The number of aromatic nitrogens is 1. The molecule has 2 fully saturated rings. The van der Waals surface area contributed by atoms with Crippen molar-refractivity contribution in [1.82, 2.24) is 14.6 Å². The fourth-order valence-electron chi connectivity index (χ4n) is 4.65. The van der Waals surface area contributed by atoms with Gasteiger partial charge in [-0.15, -0.1) is 0 Å². The molecule has 5 rings (SSSR count). The molecule has 0 spiro atoms. The Morgan fingerprint density at radius 1 is 1.17 bits per heavy atom. The van der Waals surface area contributed by atoms with E-state index in [4.69, 9.17) is 0 Å². The number of nitrogens with one attached hydrogen (secondary N) is 1. The molecule has 3 nitrogen and oxygen atoms in total. The van der Waals surface area contributed by atoms with Crippen LogP contribution in [0.25, 0.3) is 11.6 Å². The predicted octanol–water partition coefficient (Wildman–Crippen LogP) is 5.24. The molecule has 1 unspecified atom stereocenters. The molecule has 1 aliphatic heterocycles. The third-order valence-corrected chi connectivity index (χ3v) is 7.75. The average Bonchev–Trinajstić information content (AvgIpc) is 3.53. The number of hydrogen-bond donors (Lipinski definition) is 1. The van der Waals surface area contributed by atoms with Crippen LogP contribution in [0, 0.1) is 5.82 Å². The second-order valence-electron chi connectivity index (χ2n) is 8.80. The summed E-state index contributed by atoms with van der Waals surface area (Å²) in [4.78, 5) is 4.41. The molecule has 2 aliphatic carbocycles. The Hall–Kier alpha value is -1.69. The van der Waals surface area contributed by atoms with E-state index in [1.807, 2.05) is 18.5 Å². The van der Waals surface area contributed by atoms with E-state index in [0.29, 0.717) is 6.04 Å². The highest BCUT2D eigenvalue weighted by Crippen LogP contribution is 2.42. The van der Waals surface area contributed by atoms with Crippen LogP contribution in [-0.4, -0.2) is 33.7 Å². The zero-order valence-corrected chi connectivity index (χ0v) is 17.7. The van der Waals surface area contributed by atoms with Gasteiger partial charge in [0, 0.05) is 42.3 Å². The van der Waals surface area contributed by atoms with Gasteiger partial charge in [-0.25, -0.2) is 4.39 Å². The SMILES string of the molecule is CC1(NC2CCN(SC3CC3)CC2)CC(c2cccc(F)c2)=Cc2ccncc21. The summed E-state index contributed by atoms with van der Waals surface area (Å²) in [7, 11) is 0. The molecule has 29 heavy (non-hydrogen) atoms. The Kier molecular flexibility index (Phi) is 5.23. The lowest BCUT2D eigenvalue weighted by Crippen LogP contribution is -2.50. The molecule has 2 aromatic rings. The van der Waals surface area contributed by atoms with Gasteiger partial charge < -0.3 is 5.32 Å². The van der Waals surface area contributed by atoms with Crippen LogP contribution in [0.5, 0.6) is 0 Å². The van der Waals surface area contributed by atoms with Crippen LogP contribution >= 0.6 is 11.9 Å². The molecule has 2 heterocycles. The largest absolute Gasteiger partial charge is 0.304 e. The van der Waals surface area contributed by atoms with Crippen molar-refractivity contribution in [2.24, 2.45) is 0 Å². The molecule has 1 saturated carbocycles. The second-order valence-corrected chi connectivity index (χ2v) is 10.2. The van der Waals surface area contributed by atoms with Crippen LogP contribution in [-0.2, 0) is 5.54 Å². The lowest BCUT2D eigenvalue weighted by Gasteiger charge is -2.42. The Labute approximate surface area is 176 Å². The highest BCUT2D eigenvalue weighted by atomic mass is 32.2. The molecule has 1 atom stereocenters. The molecule has 5 heteroatoms. The van der Waals surface area contributed by atoms with E-state index in [0.717, 1.165) is 30.3 Å². The summed E-state index contributed by atoms with van der Waals surface area (Å²) in [5.74, 6) is -0.181. The van der Waals surface area contributed by atoms with Gasteiger partial charge in [0.2, 0.25) is 0 Å². The Balaban J connectivity index is 1.36. The molecule has 1 saturated heterocycles. The van der Waals surface area contributed by atoms with Gasteiger partial charge in [-0.05, 0) is 79.5 Å². The lowest BCUT2D eigenvalue weighted by molar-refractivity contribution is 0.241. The molecule has 152 valence electrons. The third-order valence-electron chi connectivity index (χ3n) is 6.32. The van der Waals surface area contributed by atoms with Crippen LogP contribution in [0.2, 0.25) is 0 Å². The van der Waals surface area contributed by atoms with Gasteiger partial charge in [0.25, 0.3) is 0 Å². The van der Waals surface area contributed by atoms with Crippen molar-refractivity contribution in [2.45, 2.75) is 55.9 Å². The molecule has 0 radical (unpaired) electrons. The van der Waals surface area contributed by atoms with Gasteiger partial charge in [-0.3, -0.25) is 9.29 Å². The van der Waals surface area contributed by atoms with Gasteiger partial charge in [0.1, 0.15) is 5.82 Å². The van der Waals surface area contributed by atoms with Crippen molar-refractivity contribution in [1.29, 1.82) is 0 Å². The van der Waals surface area contributed by atoms with E-state index < -0.39 is 0 Å². The van der Waals surface area contributed by atoms with Gasteiger partial charge in [-0.2, -0.15) is 0 Å². The zero-order valence-electron chi connectivity index (χ0n) is 16.9. The van der Waals surface area contributed by atoms with Crippen molar-refractivity contribution >= 4 is 23.6 Å². The lowest BCUT2D eigenvalue weighted by atomic mass is 9.76. The summed E-state index contributed by atoms with van der Waals surface area (Å²) in [6.07, 6.45) is 12.0. The minimum atomic E-state index is -0.198. The Morgan fingerprint density at radius 3 is 2.76 bits per heavy atom. The van der Waals surface area contributed by atoms with Crippen molar-refractivity contribution in [3.8, 4) is 0 Å². The topological polar surface area (TPSA) is 28.2 Å². The first kappa shape index (κ1) is 19.3. The number of benzene rings is 1. The molecule has 3 aliphatic rings. The summed E-state index contributed by atoms with van der Waals surface area (Å²) in [6.45, 7) is 4.59. The summed E-state index contributed by atoms with van der Waals surface area (Å²) in [5, 5.41) is 4.87. The molecule has 0 bridgehead atoms. The normalized spacial score (nSPS) is 25.5. The van der Waals surface area contributed by atoms with Crippen LogP contribution in [0.15, 0.2) is 42.7 Å². The van der Waals surface area contributed by atoms with Crippen LogP contribution in [0.1, 0.15) is 55.7 Å². The van der Waals surface area contributed by atoms with E-state index in [2.05, 4.69) is 45.6 Å². The molecular weight excluding hydrogens is 381 g/mol. The molecule has 1 N–H and O–H groups in total. The van der Waals surface area contributed by atoms with Gasteiger partial charge in [-0.1, -0.05) is 30.2 Å². The average molecular weight is 410 g/mol. The standard InChI is InChI=1S/C24H28FN3S/c1-24(27-21-8-11-28(12-9-21)29-22-5-6-22)15-19(17-3-2-4-20(25)14-17)13-18-7-10-26-16-23(18)24/h2-4,7,10,13-14,16,21-22,27H,5-6,8-9,11-12,15H2,1H3. The molecular formula is C24H28FN3S. The van der Waals surface area contributed by atoms with Crippen molar-refractivity contribution in [3.63, 3.8) is 0 Å². The number of fused-ring (bicyclic) bond motifs is 1. The van der Waals surface area contributed by atoms with E-state index in [1.165, 1.54) is 48.4 Å². The second kappa shape index (κ2) is 7.86. The first-order valence-corrected chi connectivity index (χ1v) is 11.5. The quantitative estimate of drug-likeness (QED) is 0.683. The first-order valence-electron chi connectivity index (χ1n) is 10.7. The Bertz CT molecular complexity index is 918. The maximum atomic E-state index is 13.9. The molecule has 1 aromatic carbocycles. The maximum absolute atomic E-state index is 13.9. The van der Waals surface area contributed by atoms with Gasteiger partial charge in [0.15, 0.2) is 0 Å². The van der Waals surface area contributed by atoms with E-state index in [1.54, 1.807) is 12.1 Å². The zero-order chi connectivity index (χ0) is 19.8. The first-order chi connectivity index (χ1) is 14.1. The summed E-state index contributed by atoms with van der Waals surface area (Å²) < 4.78 is 16.4. The molecule has 1 aromatic heterocycles.